The van der Waals surface area contributed by atoms with E-state index in [0.717, 1.165) is 14.6 Å². The van der Waals surface area contributed by atoms with Gasteiger partial charge in [0, 0.05) is 14.6 Å². The average Bonchev–Trinajstić information content (AvgIpc) is 2.71. The van der Waals surface area contributed by atoms with Gasteiger partial charge in [-0.15, -0.1) is 11.3 Å². The Morgan fingerprint density at radius 1 is 1.33 bits per heavy atom. The van der Waals surface area contributed by atoms with E-state index >= 15 is 0 Å². The van der Waals surface area contributed by atoms with E-state index in [2.05, 4.69) is 21.2 Å². The van der Waals surface area contributed by atoms with Gasteiger partial charge in [0.05, 0.1) is 5.69 Å². The minimum Gasteiger partial charge on any atom is -0.397 e. The van der Waals surface area contributed by atoms with Crippen LogP contribution < -0.4 is 16.8 Å². The number of halogens is 1. The molecule has 0 aliphatic carbocycles. The van der Waals surface area contributed by atoms with Crippen LogP contribution in [-0.2, 0) is 4.79 Å². The smallest absolute Gasteiger partial charge is 0.264 e. The van der Waals surface area contributed by atoms with Gasteiger partial charge >= 0.3 is 0 Å². The van der Waals surface area contributed by atoms with Crippen molar-refractivity contribution < 1.29 is 9.59 Å². The zero-order valence-corrected chi connectivity index (χ0v) is 14.0. The largest absolute Gasteiger partial charge is 0.397 e. The fraction of sp³-hybridized carbons (Fsp3) is 0.286. The number of anilines is 1. The molecule has 0 aliphatic rings. The molecule has 0 fully saturated rings. The summed E-state index contributed by atoms with van der Waals surface area (Å²) in [6.07, 6.45) is 0. The number of hydrogen-bond acceptors (Lipinski definition) is 4. The Morgan fingerprint density at radius 3 is 2.57 bits per heavy atom. The Kier molecular flexibility index (Phi) is 4.53. The third-order valence-electron chi connectivity index (χ3n) is 3.16. The first-order valence-corrected chi connectivity index (χ1v) is 8.00. The first-order valence-electron chi connectivity index (χ1n) is 6.39. The van der Waals surface area contributed by atoms with E-state index in [-0.39, 0.29) is 11.8 Å². The molecule has 1 atom stereocenters. The Bertz CT molecular complexity index is 712. The summed E-state index contributed by atoms with van der Waals surface area (Å²) in [5.74, 6) is -1.01. The van der Waals surface area contributed by atoms with Crippen molar-refractivity contribution in [3.05, 3.63) is 27.5 Å². The number of rotatable bonds is 4. The number of benzene rings is 1. The zero-order valence-electron chi connectivity index (χ0n) is 11.6. The van der Waals surface area contributed by atoms with Crippen LogP contribution in [0.3, 0.4) is 0 Å². The van der Waals surface area contributed by atoms with Gasteiger partial charge in [-0.3, -0.25) is 9.59 Å². The predicted octanol–water partition coefficient (Wildman–Crippen LogP) is 2.49. The first kappa shape index (κ1) is 15.8. The van der Waals surface area contributed by atoms with E-state index in [1.165, 1.54) is 11.3 Å². The molecule has 0 saturated heterocycles. The van der Waals surface area contributed by atoms with Crippen molar-refractivity contribution in [2.75, 3.05) is 5.73 Å². The summed E-state index contributed by atoms with van der Waals surface area (Å²) in [6.45, 7) is 3.64. The van der Waals surface area contributed by atoms with Crippen LogP contribution in [0, 0.1) is 5.92 Å². The van der Waals surface area contributed by atoms with Gasteiger partial charge in [-0.1, -0.05) is 35.8 Å². The van der Waals surface area contributed by atoms with E-state index in [1.807, 2.05) is 32.0 Å². The van der Waals surface area contributed by atoms with Crippen molar-refractivity contribution in [3.63, 3.8) is 0 Å². The molecule has 0 saturated carbocycles. The summed E-state index contributed by atoms with van der Waals surface area (Å²) in [5.41, 5.74) is 11.8. The van der Waals surface area contributed by atoms with Crippen LogP contribution in [0.2, 0.25) is 0 Å². The maximum Gasteiger partial charge on any atom is 0.264 e. The number of amides is 2. The lowest BCUT2D eigenvalue weighted by Crippen LogP contribution is -2.47. The van der Waals surface area contributed by atoms with Crippen LogP contribution >= 0.6 is 27.3 Å². The molecule has 1 unspecified atom stereocenters. The van der Waals surface area contributed by atoms with Crippen molar-refractivity contribution in [2.45, 2.75) is 19.9 Å². The van der Waals surface area contributed by atoms with E-state index in [9.17, 15) is 9.59 Å². The van der Waals surface area contributed by atoms with Crippen LogP contribution in [0.1, 0.15) is 23.5 Å². The molecule has 7 heteroatoms. The number of nitrogen functional groups attached to an aromatic ring is 1. The molecule has 2 aromatic rings. The Balaban J connectivity index is 2.35. The zero-order chi connectivity index (χ0) is 15.7. The molecule has 21 heavy (non-hydrogen) atoms. The van der Waals surface area contributed by atoms with Crippen molar-refractivity contribution in [1.82, 2.24) is 5.32 Å². The molecule has 0 bridgehead atoms. The SMILES string of the molecule is CC(C)C(NC(=O)c1sc2cc(Br)ccc2c1N)C(N)=O. The van der Waals surface area contributed by atoms with Crippen molar-refractivity contribution in [2.24, 2.45) is 11.7 Å². The summed E-state index contributed by atoms with van der Waals surface area (Å²) >= 11 is 4.68. The highest BCUT2D eigenvalue weighted by molar-refractivity contribution is 9.10. The number of hydrogen-bond donors (Lipinski definition) is 3. The number of nitrogens with one attached hydrogen (secondary N) is 1. The third kappa shape index (κ3) is 3.19. The number of thiophene rings is 1. The quantitative estimate of drug-likeness (QED) is 0.771. The standard InChI is InChI=1S/C14H16BrN3O2S/c1-6(2)11(13(17)19)18-14(20)12-10(16)8-4-3-7(15)5-9(8)21-12/h3-6,11H,16H2,1-2H3,(H2,17,19)(H,18,20). The van der Waals surface area contributed by atoms with Gasteiger partial charge in [0.25, 0.3) is 5.91 Å². The normalized spacial score (nSPS) is 12.6. The van der Waals surface area contributed by atoms with Crippen molar-refractivity contribution in [1.29, 1.82) is 0 Å². The molecule has 5 N–H and O–H groups in total. The predicted molar refractivity (Wildman–Crippen MR) is 89.2 cm³/mol. The van der Waals surface area contributed by atoms with E-state index in [4.69, 9.17) is 11.5 Å². The molecular formula is C14H16BrN3O2S. The summed E-state index contributed by atoms with van der Waals surface area (Å²) in [4.78, 5) is 24.1. The summed E-state index contributed by atoms with van der Waals surface area (Å²) in [6, 6.07) is 4.92. The Morgan fingerprint density at radius 2 is 2.00 bits per heavy atom. The monoisotopic (exact) mass is 369 g/mol. The number of carbonyl (C=O) groups is 2. The average molecular weight is 370 g/mol. The van der Waals surface area contributed by atoms with Gasteiger partial charge < -0.3 is 16.8 Å². The van der Waals surface area contributed by atoms with Gasteiger partial charge in [0.2, 0.25) is 5.91 Å². The second kappa shape index (κ2) is 6.03. The van der Waals surface area contributed by atoms with E-state index in [0.29, 0.717) is 10.6 Å². The van der Waals surface area contributed by atoms with Crippen molar-refractivity contribution in [3.8, 4) is 0 Å². The van der Waals surface area contributed by atoms with Crippen molar-refractivity contribution >= 4 is 54.9 Å². The molecule has 112 valence electrons. The van der Waals surface area contributed by atoms with Gasteiger partial charge in [-0.2, -0.15) is 0 Å². The van der Waals surface area contributed by atoms with Gasteiger partial charge in [-0.05, 0) is 18.1 Å². The molecule has 1 aromatic heterocycles. The lowest BCUT2D eigenvalue weighted by atomic mass is 10.0. The number of nitrogens with two attached hydrogens (primary N) is 2. The highest BCUT2D eigenvalue weighted by atomic mass is 79.9. The van der Waals surface area contributed by atoms with Crippen LogP contribution in [0.25, 0.3) is 10.1 Å². The lowest BCUT2D eigenvalue weighted by Gasteiger charge is -2.18. The van der Waals surface area contributed by atoms with E-state index < -0.39 is 11.9 Å². The summed E-state index contributed by atoms with van der Waals surface area (Å²) in [5, 5.41) is 3.48. The fourth-order valence-corrected chi connectivity index (χ4v) is 3.61. The van der Waals surface area contributed by atoms with Gasteiger partial charge in [0.15, 0.2) is 0 Å². The summed E-state index contributed by atoms with van der Waals surface area (Å²) in [7, 11) is 0. The second-order valence-electron chi connectivity index (χ2n) is 5.08. The van der Waals surface area contributed by atoms with Crippen LogP contribution in [0.4, 0.5) is 5.69 Å². The third-order valence-corrected chi connectivity index (χ3v) is 4.82. The molecule has 0 aliphatic heterocycles. The molecular weight excluding hydrogens is 354 g/mol. The highest BCUT2D eigenvalue weighted by Gasteiger charge is 2.24. The minimum atomic E-state index is -0.714. The Hall–Kier alpha value is -1.60. The highest BCUT2D eigenvalue weighted by Crippen LogP contribution is 2.35. The van der Waals surface area contributed by atoms with Crippen LogP contribution in [0.15, 0.2) is 22.7 Å². The molecule has 5 nitrogen and oxygen atoms in total. The molecule has 1 heterocycles. The topological polar surface area (TPSA) is 98.2 Å². The number of carbonyl (C=O) groups excluding carboxylic acids is 2. The Labute approximate surface area is 134 Å². The number of primary amides is 1. The van der Waals surface area contributed by atoms with Gasteiger partial charge in [0.1, 0.15) is 10.9 Å². The molecule has 2 amide bonds. The fourth-order valence-electron chi connectivity index (χ4n) is 2.03. The maximum atomic E-state index is 12.3. The second-order valence-corrected chi connectivity index (χ2v) is 7.05. The van der Waals surface area contributed by atoms with Crippen LogP contribution in [-0.4, -0.2) is 17.9 Å². The van der Waals surface area contributed by atoms with Gasteiger partial charge in [-0.25, -0.2) is 0 Å². The lowest BCUT2D eigenvalue weighted by molar-refractivity contribution is -0.120. The first-order chi connectivity index (χ1) is 9.81. The number of fused-ring (bicyclic) bond motifs is 1. The molecule has 1 aromatic carbocycles. The molecule has 0 spiro atoms. The molecule has 2 rings (SSSR count). The summed E-state index contributed by atoms with van der Waals surface area (Å²) < 4.78 is 1.83. The molecule has 0 radical (unpaired) electrons. The minimum absolute atomic E-state index is 0.0869. The maximum absolute atomic E-state index is 12.3. The van der Waals surface area contributed by atoms with Crippen LogP contribution in [0.5, 0.6) is 0 Å². The van der Waals surface area contributed by atoms with E-state index in [1.54, 1.807) is 0 Å².